The van der Waals surface area contributed by atoms with Crippen molar-refractivity contribution in [2.75, 3.05) is 0 Å². The third-order valence-corrected chi connectivity index (χ3v) is 1.39. The van der Waals surface area contributed by atoms with Crippen molar-refractivity contribution in [3.63, 3.8) is 0 Å². The number of aromatic carboxylic acids is 2. The molecule has 8 nitrogen and oxygen atoms in total. The van der Waals surface area contributed by atoms with E-state index in [4.69, 9.17) is 29.5 Å². The van der Waals surface area contributed by atoms with Gasteiger partial charge in [0.05, 0.1) is 11.1 Å². The average molecular weight is 304 g/mol. The molecule has 1 aromatic carbocycles. The first kappa shape index (κ1) is 20.2. The van der Waals surface area contributed by atoms with E-state index in [-0.39, 0.29) is 62.5 Å². The van der Waals surface area contributed by atoms with Crippen LogP contribution in [0.5, 0.6) is 0 Å². The molecule has 0 heterocycles. The first-order valence-corrected chi connectivity index (χ1v) is 5.53. The van der Waals surface area contributed by atoms with E-state index in [1.807, 2.05) is 0 Å². The summed E-state index contributed by atoms with van der Waals surface area (Å²) in [7, 11) is -4.64. The molecule has 0 amide bonds. The average Bonchev–Trinajstić information content (AvgIpc) is 2.15. The first-order chi connectivity index (χ1) is 7.63. The zero-order valence-electron chi connectivity index (χ0n) is 8.22. The van der Waals surface area contributed by atoms with Crippen molar-refractivity contribution >= 4 is 71.1 Å². The van der Waals surface area contributed by atoms with Gasteiger partial charge >= 0.3 is 71.1 Å². The summed E-state index contributed by atoms with van der Waals surface area (Å²) in [4.78, 5) is 42.5. The van der Waals surface area contributed by atoms with Gasteiger partial charge in [0.1, 0.15) is 0 Å². The van der Waals surface area contributed by atoms with Crippen LogP contribution >= 0.6 is 7.82 Å². The molecule has 5 N–H and O–H groups in total. The van der Waals surface area contributed by atoms with Crippen LogP contribution in [0.1, 0.15) is 20.7 Å². The van der Waals surface area contributed by atoms with Crippen molar-refractivity contribution in [2.45, 2.75) is 0 Å². The molecule has 10 heteroatoms. The number of carbonyl (C=O) groups is 2. The van der Waals surface area contributed by atoms with Crippen LogP contribution in [-0.4, -0.2) is 88.2 Å². The molecule has 0 radical (unpaired) electrons. The van der Waals surface area contributed by atoms with Gasteiger partial charge in [0.25, 0.3) is 0 Å². The number of phosphoric acid groups is 1. The van der Waals surface area contributed by atoms with Gasteiger partial charge in [0.15, 0.2) is 0 Å². The van der Waals surface area contributed by atoms with Crippen LogP contribution in [0.4, 0.5) is 0 Å². The fourth-order valence-corrected chi connectivity index (χ4v) is 0.856. The van der Waals surface area contributed by atoms with Crippen molar-refractivity contribution in [3.05, 3.63) is 35.4 Å². The van der Waals surface area contributed by atoms with Gasteiger partial charge < -0.3 is 24.9 Å². The summed E-state index contributed by atoms with van der Waals surface area (Å²) in [5, 5.41) is 17.1. The molecule has 0 aromatic heterocycles. The summed E-state index contributed by atoms with van der Waals surface area (Å²) in [6.07, 6.45) is 0. The Morgan fingerprint density at radius 3 is 1.28 bits per heavy atom. The fraction of sp³-hybridized carbons (Fsp3) is 0. The van der Waals surface area contributed by atoms with Crippen LogP contribution in [0.25, 0.3) is 0 Å². The van der Waals surface area contributed by atoms with Crippen LogP contribution in [0, 0.1) is 0 Å². The van der Waals surface area contributed by atoms with Crippen LogP contribution in [0.15, 0.2) is 24.3 Å². The Morgan fingerprint density at radius 1 is 0.889 bits per heavy atom. The Bertz CT molecular complexity index is 427. The van der Waals surface area contributed by atoms with Gasteiger partial charge in [0, 0.05) is 0 Å². The van der Waals surface area contributed by atoms with E-state index in [1.54, 1.807) is 0 Å². The molecule has 0 saturated carbocycles. The summed E-state index contributed by atoms with van der Waals surface area (Å²) in [6.45, 7) is 0. The molecular weight excluding hydrogens is 294 g/mol. The van der Waals surface area contributed by atoms with E-state index in [1.165, 1.54) is 24.3 Å². The van der Waals surface area contributed by atoms with Gasteiger partial charge in [-0.2, -0.15) is 0 Å². The second-order valence-corrected chi connectivity index (χ2v) is 3.70. The number of carboxylic acids is 2. The number of benzene rings is 1. The van der Waals surface area contributed by atoms with E-state index in [9.17, 15) is 9.59 Å². The van der Waals surface area contributed by atoms with Gasteiger partial charge in [0.2, 0.25) is 0 Å². The molecule has 0 aliphatic rings. The monoisotopic (exact) mass is 304 g/mol. The van der Waals surface area contributed by atoms with Crippen LogP contribution in [0.3, 0.4) is 0 Å². The molecule has 0 fully saturated rings. The summed E-state index contributed by atoms with van der Waals surface area (Å²) in [5.41, 5.74) is -0.380. The molecule has 0 saturated heterocycles. The Labute approximate surface area is 144 Å². The van der Waals surface area contributed by atoms with Gasteiger partial charge in [-0.05, 0) is 12.1 Å². The summed E-state index contributed by atoms with van der Waals surface area (Å²) < 4.78 is 8.88. The van der Waals surface area contributed by atoms with Crippen molar-refractivity contribution in [1.82, 2.24) is 0 Å². The Morgan fingerprint density at radius 2 is 1.11 bits per heavy atom. The third-order valence-electron chi connectivity index (χ3n) is 1.39. The first-order valence-electron chi connectivity index (χ1n) is 3.97. The van der Waals surface area contributed by atoms with Gasteiger partial charge in [-0.3, -0.25) is 0 Å². The predicted octanol–water partition coefficient (Wildman–Crippen LogP) is -0.494. The van der Waals surface area contributed by atoms with Gasteiger partial charge in [-0.25, -0.2) is 14.2 Å². The second kappa shape index (κ2) is 8.91. The number of hydrogen-bond acceptors (Lipinski definition) is 3. The quantitative estimate of drug-likeness (QED) is 0.362. The SMILES string of the molecule is O=C(O)c1ccccc1C(=O)O.O=P(O)(O)O.[KH]. The zero-order chi connectivity index (χ0) is 13.6. The Hall–Kier alpha value is -0.0936. The number of rotatable bonds is 2. The molecule has 0 unspecified atom stereocenters. The van der Waals surface area contributed by atoms with E-state index in [2.05, 4.69) is 0 Å². The van der Waals surface area contributed by atoms with E-state index >= 15 is 0 Å². The summed E-state index contributed by atoms with van der Waals surface area (Å²) in [6, 6.07) is 5.48. The minimum atomic E-state index is -4.64. The maximum atomic E-state index is 10.5. The van der Waals surface area contributed by atoms with E-state index in [0.29, 0.717) is 0 Å². The van der Waals surface area contributed by atoms with E-state index < -0.39 is 19.8 Å². The molecule has 0 spiro atoms. The molecular formula is C8H10KO8P. The second-order valence-electron chi connectivity index (χ2n) is 2.67. The number of carboxylic acid groups (broad SMARTS) is 2. The maximum absolute atomic E-state index is 10.5. The van der Waals surface area contributed by atoms with Crippen molar-refractivity contribution < 1.29 is 39.0 Å². The zero-order valence-corrected chi connectivity index (χ0v) is 9.11. The molecule has 0 aliphatic heterocycles. The summed E-state index contributed by atoms with van der Waals surface area (Å²) >= 11 is 0. The predicted molar refractivity (Wildman–Crippen MR) is 61.8 cm³/mol. The molecule has 0 aliphatic carbocycles. The van der Waals surface area contributed by atoms with Crippen molar-refractivity contribution in [1.29, 1.82) is 0 Å². The Kier molecular flexibility index (Phi) is 10.0. The van der Waals surface area contributed by atoms with Crippen LogP contribution in [0.2, 0.25) is 0 Å². The van der Waals surface area contributed by atoms with Gasteiger partial charge in [-0.1, -0.05) is 12.1 Å². The molecule has 96 valence electrons. The number of hydrogen-bond donors (Lipinski definition) is 5. The Balaban J connectivity index is 0. The molecule has 1 aromatic rings. The van der Waals surface area contributed by atoms with Crippen LogP contribution < -0.4 is 0 Å². The molecule has 18 heavy (non-hydrogen) atoms. The minimum absolute atomic E-state index is 0. The molecule has 0 bridgehead atoms. The fourth-order valence-electron chi connectivity index (χ4n) is 0.856. The van der Waals surface area contributed by atoms with Gasteiger partial charge in [-0.15, -0.1) is 0 Å². The van der Waals surface area contributed by atoms with E-state index in [0.717, 1.165) is 0 Å². The van der Waals surface area contributed by atoms with Crippen molar-refractivity contribution in [3.8, 4) is 0 Å². The van der Waals surface area contributed by atoms with Crippen LogP contribution in [-0.2, 0) is 4.57 Å². The third kappa shape index (κ3) is 9.89. The van der Waals surface area contributed by atoms with Crippen molar-refractivity contribution in [2.24, 2.45) is 0 Å². The topological polar surface area (TPSA) is 152 Å². The standard InChI is InChI=1S/C8H6O4.K.H3O4P.H/c9-7(10)5-3-1-2-4-6(5)8(11)12;;1-5(2,3)4;/h1-4H,(H,9,10)(H,11,12);;(H3,1,2,3,4);. The normalized spacial score (nSPS) is 9.50. The molecule has 1 rings (SSSR count). The molecule has 0 atom stereocenters. The summed E-state index contributed by atoms with van der Waals surface area (Å²) in [5.74, 6) is -2.46.